The first-order valence-electron chi connectivity index (χ1n) is 8.74. The van der Waals surface area contributed by atoms with Gasteiger partial charge in [0, 0.05) is 29.4 Å². The van der Waals surface area contributed by atoms with Crippen molar-refractivity contribution in [3.05, 3.63) is 64.9 Å². The molecule has 0 radical (unpaired) electrons. The van der Waals surface area contributed by atoms with Gasteiger partial charge in [0.1, 0.15) is 0 Å². The molecular weight excluding hydrogens is 358 g/mol. The predicted molar refractivity (Wildman–Crippen MR) is 103 cm³/mol. The third-order valence-electron chi connectivity index (χ3n) is 4.62. The van der Waals surface area contributed by atoms with E-state index in [2.05, 4.69) is 20.4 Å². The molecule has 1 amide bonds. The van der Waals surface area contributed by atoms with Crippen LogP contribution in [0.15, 0.2) is 36.7 Å². The summed E-state index contributed by atoms with van der Waals surface area (Å²) in [5.41, 5.74) is 4.18. The number of hydrogen-bond donors (Lipinski definition) is 2. The fourth-order valence-electron chi connectivity index (χ4n) is 3.20. The van der Waals surface area contributed by atoms with E-state index in [4.69, 9.17) is 5.11 Å². The van der Waals surface area contributed by atoms with Crippen molar-refractivity contribution in [2.75, 3.05) is 0 Å². The maximum absolute atomic E-state index is 12.7. The van der Waals surface area contributed by atoms with Crippen molar-refractivity contribution < 1.29 is 14.7 Å². The van der Waals surface area contributed by atoms with Crippen molar-refractivity contribution in [3.8, 4) is 11.3 Å². The number of nitrogens with one attached hydrogen (secondary N) is 1. The maximum Gasteiger partial charge on any atom is 0.356 e. The van der Waals surface area contributed by atoms with Crippen molar-refractivity contribution in [1.82, 2.24) is 25.1 Å². The van der Waals surface area contributed by atoms with Crippen molar-refractivity contribution >= 4 is 11.9 Å². The molecule has 8 heteroatoms. The molecule has 144 valence electrons. The van der Waals surface area contributed by atoms with Gasteiger partial charge < -0.3 is 10.4 Å². The number of amides is 1. The lowest BCUT2D eigenvalue weighted by atomic mass is 10.0. The summed E-state index contributed by atoms with van der Waals surface area (Å²) < 4.78 is 1.79. The molecule has 0 aliphatic carbocycles. The minimum absolute atomic E-state index is 0.150. The smallest absolute Gasteiger partial charge is 0.356 e. The molecule has 2 aromatic heterocycles. The zero-order chi connectivity index (χ0) is 20.4. The Morgan fingerprint density at radius 1 is 1.21 bits per heavy atom. The highest BCUT2D eigenvalue weighted by molar-refractivity contribution is 5.95. The number of aryl methyl sites for hydroxylation is 2. The lowest BCUT2D eigenvalue weighted by Gasteiger charge is -2.15. The molecule has 1 atom stereocenters. The topological polar surface area (TPSA) is 110 Å². The zero-order valence-electron chi connectivity index (χ0n) is 16.1. The van der Waals surface area contributed by atoms with Crippen molar-refractivity contribution in [2.45, 2.75) is 26.8 Å². The Morgan fingerprint density at radius 3 is 2.61 bits per heavy atom. The summed E-state index contributed by atoms with van der Waals surface area (Å²) in [7, 11) is 1.87. The molecule has 0 saturated heterocycles. The first kappa shape index (κ1) is 19.2. The van der Waals surface area contributed by atoms with Gasteiger partial charge in [-0.25, -0.2) is 9.78 Å². The van der Waals surface area contributed by atoms with Crippen LogP contribution in [-0.2, 0) is 7.05 Å². The number of rotatable bonds is 5. The summed E-state index contributed by atoms with van der Waals surface area (Å²) in [6.07, 6.45) is 2.65. The van der Waals surface area contributed by atoms with E-state index in [1.54, 1.807) is 28.9 Å². The molecule has 0 aliphatic heterocycles. The first-order valence-corrected chi connectivity index (χ1v) is 8.74. The molecule has 3 aromatic rings. The van der Waals surface area contributed by atoms with Gasteiger partial charge in [-0.05, 0) is 32.9 Å². The second kappa shape index (κ2) is 7.59. The van der Waals surface area contributed by atoms with E-state index in [1.807, 2.05) is 27.8 Å². The molecule has 0 spiro atoms. The molecule has 2 N–H and O–H groups in total. The van der Waals surface area contributed by atoms with E-state index in [1.165, 1.54) is 12.4 Å². The lowest BCUT2D eigenvalue weighted by molar-refractivity contribution is 0.0689. The zero-order valence-corrected chi connectivity index (χ0v) is 16.1. The van der Waals surface area contributed by atoms with Gasteiger partial charge in [0.15, 0.2) is 5.69 Å². The van der Waals surface area contributed by atoms with Crippen LogP contribution in [0.2, 0.25) is 0 Å². The minimum Gasteiger partial charge on any atom is -0.476 e. The second-order valence-corrected chi connectivity index (χ2v) is 6.58. The normalized spacial score (nSPS) is 11.9. The maximum atomic E-state index is 12.7. The average Bonchev–Trinajstić information content (AvgIpc) is 2.93. The summed E-state index contributed by atoms with van der Waals surface area (Å²) in [6, 6.07) is 6.64. The molecule has 0 aliphatic rings. The van der Waals surface area contributed by atoms with Crippen LogP contribution >= 0.6 is 0 Å². The molecule has 0 saturated carbocycles. The van der Waals surface area contributed by atoms with Gasteiger partial charge in [-0.1, -0.05) is 12.1 Å². The monoisotopic (exact) mass is 379 g/mol. The van der Waals surface area contributed by atoms with Crippen LogP contribution in [0.4, 0.5) is 0 Å². The molecule has 2 heterocycles. The third-order valence-corrected chi connectivity index (χ3v) is 4.62. The summed E-state index contributed by atoms with van der Waals surface area (Å²) in [4.78, 5) is 31.8. The van der Waals surface area contributed by atoms with E-state index >= 15 is 0 Å². The van der Waals surface area contributed by atoms with Gasteiger partial charge in [-0.3, -0.25) is 14.5 Å². The van der Waals surface area contributed by atoms with E-state index in [9.17, 15) is 9.59 Å². The third kappa shape index (κ3) is 3.75. The van der Waals surface area contributed by atoms with Crippen LogP contribution in [-0.4, -0.2) is 36.7 Å². The van der Waals surface area contributed by atoms with E-state index < -0.39 is 5.97 Å². The van der Waals surface area contributed by atoms with Crippen molar-refractivity contribution in [2.24, 2.45) is 7.05 Å². The Kier molecular flexibility index (Phi) is 5.21. The number of benzene rings is 1. The van der Waals surface area contributed by atoms with Crippen LogP contribution in [0.3, 0.4) is 0 Å². The van der Waals surface area contributed by atoms with Gasteiger partial charge in [0.2, 0.25) is 0 Å². The van der Waals surface area contributed by atoms with E-state index in [0.29, 0.717) is 16.8 Å². The average molecular weight is 379 g/mol. The molecule has 28 heavy (non-hydrogen) atoms. The highest BCUT2D eigenvalue weighted by atomic mass is 16.4. The van der Waals surface area contributed by atoms with Crippen LogP contribution in [0.25, 0.3) is 11.3 Å². The van der Waals surface area contributed by atoms with Crippen LogP contribution in [0.5, 0.6) is 0 Å². The lowest BCUT2D eigenvalue weighted by Crippen LogP contribution is -2.27. The predicted octanol–water partition coefficient (Wildman–Crippen LogP) is 2.68. The fraction of sp³-hybridized carbons (Fsp3) is 0.250. The second-order valence-electron chi connectivity index (χ2n) is 6.58. The summed E-state index contributed by atoms with van der Waals surface area (Å²) >= 11 is 0. The largest absolute Gasteiger partial charge is 0.476 e. The fourth-order valence-corrected chi connectivity index (χ4v) is 3.20. The Morgan fingerprint density at radius 2 is 1.96 bits per heavy atom. The molecular formula is C20H21N5O3. The molecule has 0 bridgehead atoms. The number of carboxylic acid groups (broad SMARTS) is 1. The molecule has 0 unspecified atom stereocenters. The van der Waals surface area contributed by atoms with Crippen LogP contribution in [0.1, 0.15) is 50.8 Å². The Bertz CT molecular complexity index is 1060. The number of aromatic carboxylic acids is 1. The number of hydrogen-bond acceptors (Lipinski definition) is 5. The molecule has 0 fully saturated rings. The van der Waals surface area contributed by atoms with Gasteiger partial charge >= 0.3 is 5.97 Å². The number of carbonyl (C=O) groups is 2. The Labute approximate surface area is 162 Å². The standard InChI is InChI=1S/C20H21N5O3/c1-11(18-12(2)24-25(4)13(18)3)22-19(26)15-7-5-6-14(8-15)16-9-21-10-17(23-16)20(27)28/h5-11H,1-4H3,(H,22,26)(H,27,28)/t11-/m0/s1. The molecule has 8 nitrogen and oxygen atoms in total. The van der Waals surface area contributed by atoms with Gasteiger partial charge in [-0.15, -0.1) is 0 Å². The highest BCUT2D eigenvalue weighted by Crippen LogP contribution is 2.22. The Balaban J connectivity index is 1.84. The number of aromatic nitrogens is 4. The quantitative estimate of drug-likeness (QED) is 0.705. The van der Waals surface area contributed by atoms with E-state index in [0.717, 1.165) is 17.0 Å². The molecule has 3 rings (SSSR count). The minimum atomic E-state index is -1.15. The summed E-state index contributed by atoms with van der Waals surface area (Å²) in [5.74, 6) is -1.39. The first-order chi connectivity index (χ1) is 13.3. The van der Waals surface area contributed by atoms with Crippen molar-refractivity contribution in [3.63, 3.8) is 0 Å². The van der Waals surface area contributed by atoms with E-state index in [-0.39, 0.29) is 17.6 Å². The van der Waals surface area contributed by atoms with Gasteiger partial charge in [0.05, 0.1) is 29.8 Å². The SMILES string of the molecule is Cc1nn(C)c(C)c1[C@H](C)NC(=O)c1cccc(-c2cncc(C(=O)O)n2)c1. The van der Waals surface area contributed by atoms with Gasteiger partial charge in [-0.2, -0.15) is 5.10 Å². The van der Waals surface area contributed by atoms with Crippen LogP contribution < -0.4 is 5.32 Å². The van der Waals surface area contributed by atoms with Gasteiger partial charge in [0.25, 0.3) is 5.91 Å². The molecule has 1 aromatic carbocycles. The van der Waals surface area contributed by atoms with Crippen LogP contribution in [0, 0.1) is 13.8 Å². The summed E-state index contributed by atoms with van der Waals surface area (Å²) in [6.45, 7) is 5.80. The number of nitrogens with zero attached hydrogens (tertiary/aromatic N) is 4. The Hall–Kier alpha value is -3.55. The van der Waals surface area contributed by atoms with Crippen molar-refractivity contribution in [1.29, 1.82) is 0 Å². The number of carboxylic acids is 1. The number of carbonyl (C=O) groups excluding carboxylic acids is 1. The highest BCUT2D eigenvalue weighted by Gasteiger charge is 2.19. The summed E-state index contributed by atoms with van der Waals surface area (Å²) in [5, 5.41) is 16.5.